The molecular weight excluding hydrogens is 344 g/mol. The summed E-state index contributed by atoms with van der Waals surface area (Å²) in [6.45, 7) is 6.58. The molecule has 0 spiro atoms. The highest BCUT2D eigenvalue weighted by Gasteiger charge is 2.32. The van der Waals surface area contributed by atoms with Crippen molar-refractivity contribution in [1.82, 2.24) is 9.21 Å². The maximum Gasteiger partial charge on any atom is 0.254 e. The summed E-state index contributed by atoms with van der Waals surface area (Å²) in [7, 11) is -3.59. The minimum Gasteiger partial charge on any atom is -0.378 e. The van der Waals surface area contributed by atoms with Crippen LogP contribution in [0.5, 0.6) is 0 Å². The summed E-state index contributed by atoms with van der Waals surface area (Å²) in [4.78, 5) is 14.4. The molecule has 3 rings (SSSR count). The number of carbonyl (C=O) groups is 1. The molecule has 0 saturated carbocycles. The van der Waals surface area contributed by atoms with Gasteiger partial charge in [-0.25, -0.2) is 8.42 Å². The van der Waals surface area contributed by atoms with E-state index in [0.717, 1.165) is 0 Å². The number of rotatable bonds is 3. The molecule has 0 aromatic heterocycles. The van der Waals surface area contributed by atoms with Crippen molar-refractivity contribution in [1.29, 1.82) is 0 Å². The Kier molecular flexibility index (Phi) is 5.43. The van der Waals surface area contributed by atoms with Gasteiger partial charge in [0.25, 0.3) is 5.91 Å². The van der Waals surface area contributed by atoms with Crippen LogP contribution in [0, 0.1) is 0 Å². The van der Waals surface area contributed by atoms with Crippen LogP contribution in [0.15, 0.2) is 29.2 Å². The quantitative estimate of drug-likeness (QED) is 0.794. The largest absolute Gasteiger partial charge is 0.378 e. The van der Waals surface area contributed by atoms with Gasteiger partial charge in [0.1, 0.15) is 0 Å². The van der Waals surface area contributed by atoms with Gasteiger partial charge >= 0.3 is 0 Å². The Bertz CT molecular complexity index is 703. The lowest BCUT2D eigenvalue weighted by molar-refractivity contribution is -0.0440. The van der Waals surface area contributed by atoms with Crippen molar-refractivity contribution in [3.05, 3.63) is 29.8 Å². The van der Waals surface area contributed by atoms with Crippen molar-refractivity contribution in [3.8, 4) is 0 Å². The standard InChI is InChI=1S/C17H24N2O5S/c1-13-11-19(12-14(2)24-13)25(21,22)16-5-3-15(4-6-16)17(20)18-7-9-23-10-8-18/h3-6,13-14H,7-12H2,1-2H3/t13-,14-/m0/s1. The monoisotopic (exact) mass is 368 g/mol. The highest BCUT2D eigenvalue weighted by molar-refractivity contribution is 7.89. The Morgan fingerprint density at radius 1 is 1.04 bits per heavy atom. The molecule has 25 heavy (non-hydrogen) atoms. The number of carbonyl (C=O) groups excluding carboxylic acids is 1. The summed E-state index contributed by atoms with van der Waals surface area (Å²) in [6, 6.07) is 6.18. The second-order valence-corrected chi connectivity index (χ2v) is 8.45. The smallest absolute Gasteiger partial charge is 0.254 e. The molecule has 2 aliphatic rings. The fourth-order valence-corrected chi connectivity index (χ4v) is 4.79. The molecule has 0 unspecified atom stereocenters. The average Bonchev–Trinajstić information content (AvgIpc) is 2.61. The zero-order valence-electron chi connectivity index (χ0n) is 14.6. The van der Waals surface area contributed by atoms with Crippen LogP contribution in [0.3, 0.4) is 0 Å². The first-order valence-electron chi connectivity index (χ1n) is 8.50. The zero-order chi connectivity index (χ0) is 18.0. The third kappa shape index (κ3) is 4.03. The molecule has 2 aliphatic heterocycles. The first-order valence-corrected chi connectivity index (χ1v) is 9.94. The molecule has 7 nitrogen and oxygen atoms in total. The van der Waals surface area contributed by atoms with E-state index in [0.29, 0.717) is 45.0 Å². The second kappa shape index (κ2) is 7.41. The van der Waals surface area contributed by atoms with Crippen LogP contribution in [0.2, 0.25) is 0 Å². The average molecular weight is 368 g/mol. The molecule has 2 fully saturated rings. The van der Waals surface area contributed by atoms with E-state index >= 15 is 0 Å². The zero-order valence-corrected chi connectivity index (χ0v) is 15.4. The number of benzene rings is 1. The predicted molar refractivity (Wildman–Crippen MR) is 91.9 cm³/mol. The summed E-state index contributed by atoms with van der Waals surface area (Å²) in [6.07, 6.45) is -0.276. The van der Waals surface area contributed by atoms with E-state index < -0.39 is 10.0 Å². The van der Waals surface area contributed by atoms with Gasteiger partial charge in [0.2, 0.25) is 10.0 Å². The maximum absolute atomic E-state index is 12.8. The molecular formula is C17H24N2O5S. The highest BCUT2D eigenvalue weighted by atomic mass is 32.2. The van der Waals surface area contributed by atoms with Crippen molar-refractivity contribution in [2.45, 2.75) is 31.0 Å². The first kappa shape index (κ1) is 18.3. The predicted octanol–water partition coefficient (Wildman–Crippen LogP) is 0.957. The van der Waals surface area contributed by atoms with Crippen molar-refractivity contribution >= 4 is 15.9 Å². The van der Waals surface area contributed by atoms with E-state index in [2.05, 4.69) is 0 Å². The second-order valence-electron chi connectivity index (χ2n) is 6.51. The molecule has 0 radical (unpaired) electrons. The number of hydrogen-bond acceptors (Lipinski definition) is 5. The summed E-state index contributed by atoms with van der Waals surface area (Å²) in [5.41, 5.74) is 0.490. The topological polar surface area (TPSA) is 76.2 Å². The molecule has 138 valence electrons. The van der Waals surface area contributed by atoms with E-state index in [4.69, 9.17) is 9.47 Å². The van der Waals surface area contributed by atoms with E-state index in [9.17, 15) is 13.2 Å². The van der Waals surface area contributed by atoms with Crippen LogP contribution in [0.1, 0.15) is 24.2 Å². The van der Waals surface area contributed by atoms with Gasteiger partial charge in [0.15, 0.2) is 0 Å². The van der Waals surface area contributed by atoms with Crippen LogP contribution in [-0.2, 0) is 19.5 Å². The first-order chi connectivity index (χ1) is 11.9. The minimum absolute atomic E-state index is 0.0964. The Labute approximate surface area is 148 Å². The number of morpholine rings is 2. The maximum atomic E-state index is 12.8. The molecule has 0 bridgehead atoms. The number of nitrogens with zero attached hydrogens (tertiary/aromatic N) is 2. The van der Waals surface area contributed by atoms with Crippen LogP contribution in [0.4, 0.5) is 0 Å². The SMILES string of the molecule is C[C@H]1CN(S(=O)(=O)c2ccc(C(=O)N3CCOCC3)cc2)C[C@H](C)O1. The molecule has 0 N–H and O–H groups in total. The molecule has 1 aromatic rings. The van der Waals surface area contributed by atoms with Crippen molar-refractivity contribution in [3.63, 3.8) is 0 Å². The normalized spacial score (nSPS) is 25.8. The lowest BCUT2D eigenvalue weighted by atomic mass is 10.2. The number of ether oxygens (including phenoxy) is 2. The van der Waals surface area contributed by atoms with Crippen LogP contribution in [0.25, 0.3) is 0 Å². The van der Waals surface area contributed by atoms with Gasteiger partial charge in [-0.15, -0.1) is 0 Å². The number of sulfonamides is 1. The van der Waals surface area contributed by atoms with Crippen LogP contribution >= 0.6 is 0 Å². The van der Waals surface area contributed by atoms with Gasteiger partial charge in [-0.2, -0.15) is 4.31 Å². The third-order valence-corrected chi connectivity index (χ3v) is 6.27. The Morgan fingerprint density at radius 3 is 2.16 bits per heavy atom. The number of amides is 1. The third-order valence-electron chi connectivity index (χ3n) is 4.42. The van der Waals surface area contributed by atoms with Crippen molar-refractivity contribution in [2.24, 2.45) is 0 Å². The van der Waals surface area contributed by atoms with Gasteiger partial charge < -0.3 is 14.4 Å². The van der Waals surface area contributed by atoms with Crippen LogP contribution < -0.4 is 0 Å². The fourth-order valence-electron chi connectivity index (χ4n) is 3.19. The van der Waals surface area contributed by atoms with E-state index in [-0.39, 0.29) is 23.0 Å². The van der Waals surface area contributed by atoms with E-state index in [1.807, 2.05) is 13.8 Å². The Morgan fingerprint density at radius 2 is 1.60 bits per heavy atom. The highest BCUT2D eigenvalue weighted by Crippen LogP contribution is 2.22. The lowest BCUT2D eigenvalue weighted by Gasteiger charge is -2.34. The Hall–Kier alpha value is -1.48. The lowest BCUT2D eigenvalue weighted by Crippen LogP contribution is -2.48. The van der Waals surface area contributed by atoms with Gasteiger partial charge in [0.05, 0.1) is 30.3 Å². The van der Waals surface area contributed by atoms with Gasteiger partial charge in [0, 0.05) is 31.7 Å². The molecule has 1 aromatic carbocycles. The summed E-state index contributed by atoms with van der Waals surface area (Å²) < 4.78 is 37.9. The van der Waals surface area contributed by atoms with Crippen molar-refractivity contribution in [2.75, 3.05) is 39.4 Å². The van der Waals surface area contributed by atoms with Gasteiger partial charge in [-0.3, -0.25) is 4.79 Å². The molecule has 2 atom stereocenters. The molecule has 0 aliphatic carbocycles. The Balaban J connectivity index is 1.75. The molecule has 8 heteroatoms. The van der Waals surface area contributed by atoms with Crippen LogP contribution in [-0.4, -0.2) is 75.1 Å². The minimum atomic E-state index is -3.59. The molecule has 2 heterocycles. The van der Waals surface area contributed by atoms with E-state index in [1.165, 1.54) is 16.4 Å². The van der Waals surface area contributed by atoms with Gasteiger partial charge in [-0.1, -0.05) is 0 Å². The van der Waals surface area contributed by atoms with Gasteiger partial charge in [-0.05, 0) is 38.1 Å². The number of hydrogen-bond donors (Lipinski definition) is 0. The summed E-state index contributed by atoms with van der Waals surface area (Å²) in [5.74, 6) is -0.0964. The van der Waals surface area contributed by atoms with Crippen molar-refractivity contribution < 1.29 is 22.7 Å². The summed E-state index contributed by atoms with van der Waals surface area (Å²) in [5, 5.41) is 0. The fraction of sp³-hybridized carbons (Fsp3) is 0.588. The van der Waals surface area contributed by atoms with E-state index in [1.54, 1.807) is 17.0 Å². The molecule has 1 amide bonds. The summed E-state index contributed by atoms with van der Waals surface area (Å²) >= 11 is 0. The molecule has 2 saturated heterocycles.